The maximum absolute atomic E-state index is 6.04. The minimum atomic E-state index is -0.0913. The molecule has 0 radical (unpaired) electrons. The molecular formula is C22H33ClN4O. The van der Waals surface area contributed by atoms with E-state index in [2.05, 4.69) is 67.8 Å². The van der Waals surface area contributed by atoms with Crippen molar-refractivity contribution >= 4 is 17.4 Å². The van der Waals surface area contributed by atoms with E-state index < -0.39 is 0 Å². The van der Waals surface area contributed by atoms with E-state index >= 15 is 0 Å². The van der Waals surface area contributed by atoms with Gasteiger partial charge in [0.1, 0.15) is 6.17 Å². The van der Waals surface area contributed by atoms with Gasteiger partial charge in [-0.05, 0) is 51.3 Å². The summed E-state index contributed by atoms with van der Waals surface area (Å²) in [5, 5.41) is 0.775. The number of nitrogens with zero attached hydrogens (tertiary/aromatic N) is 4. The van der Waals surface area contributed by atoms with Crippen LogP contribution >= 0.6 is 11.6 Å². The Morgan fingerprint density at radius 3 is 2.57 bits per heavy atom. The van der Waals surface area contributed by atoms with Gasteiger partial charge in [0.25, 0.3) is 0 Å². The Hall–Kier alpha value is -1.72. The highest BCUT2D eigenvalue weighted by molar-refractivity contribution is 6.30. The summed E-state index contributed by atoms with van der Waals surface area (Å²) in [7, 11) is 2.14. The first-order valence-corrected chi connectivity index (χ1v) is 10.5. The predicted octanol–water partition coefficient (Wildman–Crippen LogP) is 4.54. The number of rotatable bonds is 7. The summed E-state index contributed by atoms with van der Waals surface area (Å²) in [4.78, 5) is 12.0. The van der Waals surface area contributed by atoms with Gasteiger partial charge in [-0.15, -0.1) is 0 Å². The zero-order chi connectivity index (χ0) is 20.3. The van der Waals surface area contributed by atoms with Crippen molar-refractivity contribution in [3.05, 3.63) is 46.7 Å². The number of ether oxygens (including phenoxy) is 1. The van der Waals surface area contributed by atoms with E-state index in [9.17, 15) is 0 Å². The topological polar surface area (TPSA) is 31.3 Å². The molecule has 154 valence electrons. The number of amidine groups is 1. The Labute approximate surface area is 174 Å². The molecule has 0 fully saturated rings. The van der Waals surface area contributed by atoms with Gasteiger partial charge in [0.05, 0.1) is 18.0 Å². The lowest BCUT2D eigenvalue weighted by molar-refractivity contribution is -0.00615. The molecule has 5 nitrogen and oxygen atoms in total. The van der Waals surface area contributed by atoms with Gasteiger partial charge in [0, 0.05) is 38.0 Å². The van der Waals surface area contributed by atoms with Crippen molar-refractivity contribution in [3.8, 4) is 0 Å². The SMILES string of the molecule is CCC1N=C2C(=CN(Cc3ccc(Cl)cc3)CN2CCCOC(C)(C)C)N1C. The van der Waals surface area contributed by atoms with Crippen LogP contribution in [0.25, 0.3) is 0 Å². The molecule has 0 bridgehead atoms. The van der Waals surface area contributed by atoms with Crippen LogP contribution in [0.2, 0.25) is 5.02 Å². The third-order valence-electron chi connectivity index (χ3n) is 5.06. The second kappa shape index (κ2) is 8.75. The second-order valence-corrected chi connectivity index (χ2v) is 9.00. The molecule has 0 N–H and O–H groups in total. The molecular weight excluding hydrogens is 372 g/mol. The van der Waals surface area contributed by atoms with Crippen molar-refractivity contribution in [3.63, 3.8) is 0 Å². The third-order valence-corrected chi connectivity index (χ3v) is 5.31. The fraction of sp³-hybridized carbons (Fsp3) is 0.591. The van der Waals surface area contributed by atoms with Gasteiger partial charge in [0.2, 0.25) is 0 Å². The molecule has 6 heteroatoms. The highest BCUT2D eigenvalue weighted by atomic mass is 35.5. The molecule has 0 aliphatic carbocycles. The Kier molecular flexibility index (Phi) is 6.56. The van der Waals surface area contributed by atoms with Crippen molar-refractivity contribution in [1.29, 1.82) is 0 Å². The Morgan fingerprint density at radius 1 is 1.21 bits per heavy atom. The number of halogens is 1. The lowest BCUT2D eigenvalue weighted by atomic mass is 10.2. The van der Waals surface area contributed by atoms with Crippen molar-refractivity contribution in [1.82, 2.24) is 14.7 Å². The smallest absolute Gasteiger partial charge is 0.152 e. The van der Waals surface area contributed by atoms with Gasteiger partial charge in [-0.2, -0.15) is 0 Å². The normalized spacial score (nSPS) is 19.6. The number of hydrogen-bond donors (Lipinski definition) is 0. The zero-order valence-corrected chi connectivity index (χ0v) is 18.5. The molecule has 1 aromatic rings. The summed E-state index contributed by atoms with van der Waals surface area (Å²) >= 11 is 6.04. The van der Waals surface area contributed by atoms with Crippen molar-refractivity contribution < 1.29 is 4.74 Å². The summed E-state index contributed by atoms with van der Waals surface area (Å²) in [6, 6.07) is 8.10. The minimum Gasteiger partial charge on any atom is -0.376 e. The molecule has 0 aromatic heterocycles. The van der Waals surface area contributed by atoms with Crippen LogP contribution in [0.4, 0.5) is 0 Å². The second-order valence-electron chi connectivity index (χ2n) is 8.56. The van der Waals surface area contributed by atoms with E-state index in [1.54, 1.807) is 0 Å². The molecule has 2 heterocycles. The summed E-state index contributed by atoms with van der Waals surface area (Å²) in [5.41, 5.74) is 2.38. The number of aliphatic imine (C=N–C) groups is 1. The number of benzene rings is 1. The predicted molar refractivity (Wildman–Crippen MR) is 116 cm³/mol. The van der Waals surface area contributed by atoms with Crippen LogP contribution in [0, 0.1) is 0 Å². The van der Waals surface area contributed by atoms with Gasteiger partial charge < -0.3 is 19.4 Å². The molecule has 1 unspecified atom stereocenters. The van der Waals surface area contributed by atoms with Gasteiger partial charge >= 0.3 is 0 Å². The highest BCUT2D eigenvalue weighted by Crippen LogP contribution is 2.28. The van der Waals surface area contributed by atoms with E-state index in [0.717, 1.165) is 50.1 Å². The van der Waals surface area contributed by atoms with E-state index in [-0.39, 0.29) is 11.8 Å². The van der Waals surface area contributed by atoms with Crippen molar-refractivity contribution in [2.24, 2.45) is 4.99 Å². The molecule has 0 saturated heterocycles. The molecule has 0 spiro atoms. The lowest BCUT2D eigenvalue weighted by Gasteiger charge is -2.37. The molecule has 3 rings (SSSR count). The van der Waals surface area contributed by atoms with Crippen LogP contribution < -0.4 is 0 Å². The summed E-state index contributed by atoms with van der Waals surface area (Å²) < 4.78 is 5.91. The number of likely N-dealkylation sites (N-methyl/N-ethyl adjacent to an activating group) is 1. The van der Waals surface area contributed by atoms with E-state index in [1.165, 1.54) is 11.3 Å². The molecule has 0 amide bonds. The summed E-state index contributed by atoms with van der Waals surface area (Å²) in [6.45, 7) is 11.9. The summed E-state index contributed by atoms with van der Waals surface area (Å²) in [5.74, 6) is 1.12. The third kappa shape index (κ3) is 5.21. The minimum absolute atomic E-state index is 0.0913. The molecule has 2 aliphatic heterocycles. The van der Waals surface area contributed by atoms with E-state index in [4.69, 9.17) is 21.3 Å². The van der Waals surface area contributed by atoms with Crippen LogP contribution in [0.3, 0.4) is 0 Å². The fourth-order valence-corrected chi connectivity index (χ4v) is 3.73. The Balaban J connectivity index is 1.71. The molecule has 1 aromatic carbocycles. The fourth-order valence-electron chi connectivity index (χ4n) is 3.60. The van der Waals surface area contributed by atoms with E-state index in [1.807, 2.05) is 12.1 Å². The summed E-state index contributed by atoms with van der Waals surface area (Å²) in [6.07, 6.45) is 4.48. The van der Waals surface area contributed by atoms with Crippen LogP contribution in [-0.4, -0.2) is 59.2 Å². The maximum Gasteiger partial charge on any atom is 0.152 e. The van der Waals surface area contributed by atoms with Crippen LogP contribution in [-0.2, 0) is 11.3 Å². The van der Waals surface area contributed by atoms with Crippen molar-refractivity contribution in [2.75, 3.05) is 26.9 Å². The molecule has 0 saturated carbocycles. The van der Waals surface area contributed by atoms with E-state index in [0.29, 0.717) is 0 Å². The zero-order valence-electron chi connectivity index (χ0n) is 17.8. The van der Waals surface area contributed by atoms with Gasteiger partial charge in [-0.25, -0.2) is 4.99 Å². The van der Waals surface area contributed by atoms with Crippen LogP contribution in [0.15, 0.2) is 41.2 Å². The number of fused-ring (bicyclic) bond motifs is 1. The highest BCUT2D eigenvalue weighted by Gasteiger charge is 2.34. The van der Waals surface area contributed by atoms with Gasteiger partial charge in [-0.1, -0.05) is 30.7 Å². The number of hydrogen-bond acceptors (Lipinski definition) is 5. The molecule has 2 aliphatic rings. The Morgan fingerprint density at radius 2 is 1.93 bits per heavy atom. The standard InChI is InChI=1S/C22H33ClN4O/c1-6-20-24-21-19(25(20)5)15-26(14-17-8-10-18(23)11-9-17)16-27(21)12-7-13-28-22(2,3)4/h8-11,15,20H,6-7,12-14,16H2,1-5H3. The van der Waals surface area contributed by atoms with Crippen LogP contribution in [0.5, 0.6) is 0 Å². The largest absolute Gasteiger partial charge is 0.376 e. The van der Waals surface area contributed by atoms with Crippen LogP contribution in [0.1, 0.15) is 46.1 Å². The first-order valence-electron chi connectivity index (χ1n) is 10.2. The monoisotopic (exact) mass is 404 g/mol. The first-order chi connectivity index (χ1) is 13.3. The molecule has 1 atom stereocenters. The van der Waals surface area contributed by atoms with Gasteiger partial charge in [0.15, 0.2) is 5.84 Å². The van der Waals surface area contributed by atoms with Crippen molar-refractivity contribution in [2.45, 2.75) is 58.8 Å². The first kappa shape index (κ1) is 21.0. The lowest BCUT2D eigenvalue weighted by Crippen LogP contribution is -2.45. The maximum atomic E-state index is 6.04. The Bertz CT molecular complexity index is 723. The average molecular weight is 405 g/mol. The quantitative estimate of drug-likeness (QED) is 0.624. The average Bonchev–Trinajstić information content (AvgIpc) is 2.96. The van der Waals surface area contributed by atoms with Gasteiger partial charge in [-0.3, -0.25) is 0 Å². The molecule has 28 heavy (non-hydrogen) atoms.